The number of likely N-dealkylation sites (tertiary alicyclic amines) is 2. The predicted molar refractivity (Wildman–Crippen MR) is 76.4 cm³/mol. The summed E-state index contributed by atoms with van der Waals surface area (Å²) >= 11 is 0. The van der Waals surface area contributed by atoms with E-state index >= 15 is 0 Å². The van der Waals surface area contributed by atoms with Gasteiger partial charge in [-0.25, -0.2) is 0 Å². The standard InChI is InChI=1S/C15H26N2O3/c1-10-6-7-11(2)17(10)12(3)14(18)16-8-4-5-13(9-16)15(19)20/h10-13H,4-9H2,1-3H3,(H,19,20)/t10?,11?,12?,13-/m1/s1. The predicted octanol–water partition coefficient (Wildman–Crippen LogP) is 1.57. The quantitative estimate of drug-likeness (QED) is 0.853. The maximum Gasteiger partial charge on any atom is 0.308 e. The second-order valence-corrected chi connectivity index (χ2v) is 6.36. The SMILES string of the molecule is CC1CCC(C)N1C(C)C(=O)N1CCC[C@@H](C(=O)O)C1. The average Bonchev–Trinajstić information content (AvgIpc) is 2.76. The molecule has 0 radical (unpaired) electrons. The van der Waals surface area contributed by atoms with Crippen molar-refractivity contribution in [2.75, 3.05) is 13.1 Å². The molecule has 3 unspecified atom stereocenters. The molecule has 0 aromatic heterocycles. The molecule has 1 amide bonds. The van der Waals surface area contributed by atoms with Gasteiger partial charge in [0.05, 0.1) is 12.0 Å². The van der Waals surface area contributed by atoms with Gasteiger partial charge in [-0.05, 0) is 46.5 Å². The van der Waals surface area contributed by atoms with Gasteiger partial charge in [0.2, 0.25) is 5.91 Å². The molecule has 20 heavy (non-hydrogen) atoms. The molecule has 114 valence electrons. The molecule has 5 nitrogen and oxygen atoms in total. The van der Waals surface area contributed by atoms with Gasteiger partial charge in [-0.2, -0.15) is 0 Å². The molecule has 0 spiro atoms. The highest BCUT2D eigenvalue weighted by atomic mass is 16.4. The van der Waals surface area contributed by atoms with E-state index in [0.29, 0.717) is 31.6 Å². The Morgan fingerprint density at radius 2 is 1.75 bits per heavy atom. The Hall–Kier alpha value is -1.10. The summed E-state index contributed by atoms with van der Waals surface area (Å²) in [5.41, 5.74) is 0. The maximum absolute atomic E-state index is 12.6. The third kappa shape index (κ3) is 2.97. The number of nitrogens with zero attached hydrogens (tertiary/aromatic N) is 2. The zero-order valence-corrected chi connectivity index (χ0v) is 12.7. The first-order chi connectivity index (χ1) is 9.41. The van der Waals surface area contributed by atoms with Gasteiger partial charge in [0.25, 0.3) is 0 Å². The van der Waals surface area contributed by atoms with Crippen LogP contribution >= 0.6 is 0 Å². The Bertz CT molecular complexity index is 375. The zero-order chi connectivity index (χ0) is 14.9. The van der Waals surface area contributed by atoms with Crippen molar-refractivity contribution in [3.63, 3.8) is 0 Å². The summed E-state index contributed by atoms with van der Waals surface area (Å²) in [6, 6.07) is 0.725. The lowest BCUT2D eigenvalue weighted by molar-refractivity contribution is -0.147. The molecule has 2 saturated heterocycles. The Labute approximate surface area is 120 Å². The molecular weight excluding hydrogens is 256 g/mol. The van der Waals surface area contributed by atoms with Crippen LogP contribution in [0.4, 0.5) is 0 Å². The van der Waals surface area contributed by atoms with Gasteiger partial charge in [0.1, 0.15) is 0 Å². The van der Waals surface area contributed by atoms with Gasteiger partial charge in [0, 0.05) is 25.2 Å². The van der Waals surface area contributed by atoms with Gasteiger partial charge < -0.3 is 10.0 Å². The Morgan fingerprint density at radius 1 is 1.15 bits per heavy atom. The Kier molecular flexibility index (Phi) is 4.68. The van der Waals surface area contributed by atoms with Gasteiger partial charge >= 0.3 is 5.97 Å². The van der Waals surface area contributed by atoms with Crippen molar-refractivity contribution in [1.29, 1.82) is 0 Å². The summed E-state index contributed by atoms with van der Waals surface area (Å²) < 4.78 is 0. The van der Waals surface area contributed by atoms with Crippen LogP contribution in [0, 0.1) is 5.92 Å². The summed E-state index contributed by atoms with van der Waals surface area (Å²) in [7, 11) is 0. The molecule has 2 rings (SSSR count). The number of aliphatic carboxylic acids is 1. The summed E-state index contributed by atoms with van der Waals surface area (Å²) in [4.78, 5) is 27.8. The largest absolute Gasteiger partial charge is 0.481 e. The molecule has 0 aliphatic carbocycles. The number of piperidine rings is 1. The van der Waals surface area contributed by atoms with Crippen LogP contribution in [0.3, 0.4) is 0 Å². The number of carbonyl (C=O) groups is 2. The molecule has 2 heterocycles. The van der Waals surface area contributed by atoms with Crippen LogP contribution in [-0.2, 0) is 9.59 Å². The van der Waals surface area contributed by atoms with Gasteiger partial charge in [0.15, 0.2) is 0 Å². The molecule has 4 atom stereocenters. The van der Waals surface area contributed by atoms with Crippen molar-refractivity contribution in [3.05, 3.63) is 0 Å². The first kappa shape index (κ1) is 15.3. The van der Waals surface area contributed by atoms with Crippen molar-refractivity contribution in [1.82, 2.24) is 9.80 Å². The second-order valence-electron chi connectivity index (χ2n) is 6.36. The minimum Gasteiger partial charge on any atom is -0.481 e. The molecule has 2 fully saturated rings. The van der Waals surface area contributed by atoms with Crippen LogP contribution in [-0.4, -0.2) is 58.0 Å². The van der Waals surface area contributed by atoms with E-state index in [0.717, 1.165) is 19.3 Å². The van der Waals surface area contributed by atoms with Crippen LogP contribution in [0.25, 0.3) is 0 Å². The monoisotopic (exact) mass is 282 g/mol. The maximum atomic E-state index is 12.6. The fraction of sp³-hybridized carbons (Fsp3) is 0.867. The molecule has 1 N–H and O–H groups in total. The third-order valence-corrected chi connectivity index (χ3v) is 4.91. The zero-order valence-electron chi connectivity index (χ0n) is 12.7. The summed E-state index contributed by atoms with van der Waals surface area (Å²) in [6.07, 6.45) is 3.75. The van der Waals surface area contributed by atoms with Crippen molar-refractivity contribution in [3.8, 4) is 0 Å². The first-order valence-corrected chi connectivity index (χ1v) is 7.70. The van der Waals surface area contributed by atoms with E-state index in [-0.39, 0.29) is 11.9 Å². The summed E-state index contributed by atoms with van der Waals surface area (Å²) in [5.74, 6) is -1.08. The highest BCUT2D eigenvalue weighted by molar-refractivity contribution is 5.82. The molecule has 0 saturated carbocycles. The van der Waals surface area contributed by atoms with E-state index in [1.165, 1.54) is 0 Å². The van der Waals surface area contributed by atoms with E-state index in [2.05, 4.69) is 18.7 Å². The summed E-state index contributed by atoms with van der Waals surface area (Å²) in [5, 5.41) is 9.12. The van der Waals surface area contributed by atoms with E-state index < -0.39 is 11.9 Å². The van der Waals surface area contributed by atoms with Crippen molar-refractivity contribution >= 4 is 11.9 Å². The van der Waals surface area contributed by atoms with Crippen LogP contribution in [0.1, 0.15) is 46.5 Å². The molecular formula is C15H26N2O3. The minimum atomic E-state index is -0.780. The fourth-order valence-electron chi connectivity index (χ4n) is 3.75. The van der Waals surface area contributed by atoms with Crippen LogP contribution < -0.4 is 0 Å². The highest BCUT2D eigenvalue weighted by Gasteiger charge is 2.37. The number of hydrogen-bond donors (Lipinski definition) is 1. The van der Waals surface area contributed by atoms with Crippen molar-refractivity contribution in [2.24, 2.45) is 5.92 Å². The molecule has 0 aromatic carbocycles. The normalized spacial score (nSPS) is 33.1. The number of rotatable bonds is 3. The van der Waals surface area contributed by atoms with Gasteiger partial charge in [-0.15, -0.1) is 0 Å². The minimum absolute atomic E-state index is 0.0940. The smallest absolute Gasteiger partial charge is 0.308 e. The lowest BCUT2D eigenvalue weighted by atomic mass is 9.97. The molecule has 2 aliphatic heterocycles. The van der Waals surface area contributed by atoms with E-state index in [9.17, 15) is 9.59 Å². The summed E-state index contributed by atoms with van der Waals surface area (Å²) in [6.45, 7) is 7.37. The Balaban J connectivity index is 2.01. The topological polar surface area (TPSA) is 60.9 Å². The fourth-order valence-corrected chi connectivity index (χ4v) is 3.75. The van der Waals surface area contributed by atoms with E-state index in [1.807, 2.05) is 6.92 Å². The number of hydrogen-bond acceptors (Lipinski definition) is 3. The number of amides is 1. The third-order valence-electron chi connectivity index (χ3n) is 4.91. The second kappa shape index (κ2) is 6.12. The highest BCUT2D eigenvalue weighted by Crippen LogP contribution is 2.27. The number of carboxylic acid groups (broad SMARTS) is 1. The molecule has 0 bridgehead atoms. The average molecular weight is 282 g/mol. The molecule has 5 heteroatoms. The van der Waals surface area contributed by atoms with Crippen LogP contribution in [0.2, 0.25) is 0 Å². The molecule has 0 aromatic rings. The Morgan fingerprint density at radius 3 is 2.30 bits per heavy atom. The van der Waals surface area contributed by atoms with Crippen molar-refractivity contribution < 1.29 is 14.7 Å². The van der Waals surface area contributed by atoms with Crippen LogP contribution in [0.15, 0.2) is 0 Å². The lowest BCUT2D eigenvalue weighted by Crippen LogP contribution is -2.53. The number of carboxylic acids is 1. The van der Waals surface area contributed by atoms with E-state index in [4.69, 9.17) is 5.11 Å². The number of carbonyl (C=O) groups excluding carboxylic acids is 1. The molecule has 2 aliphatic rings. The van der Waals surface area contributed by atoms with Gasteiger partial charge in [-0.1, -0.05) is 0 Å². The van der Waals surface area contributed by atoms with E-state index in [1.54, 1.807) is 4.90 Å². The van der Waals surface area contributed by atoms with Crippen molar-refractivity contribution in [2.45, 2.75) is 64.6 Å². The first-order valence-electron chi connectivity index (χ1n) is 7.70. The lowest BCUT2D eigenvalue weighted by Gasteiger charge is -2.37. The van der Waals surface area contributed by atoms with Gasteiger partial charge in [-0.3, -0.25) is 14.5 Å². The van der Waals surface area contributed by atoms with Crippen LogP contribution in [0.5, 0.6) is 0 Å².